The van der Waals surface area contributed by atoms with E-state index in [9.17, 15) is 4.57 Å². The van der Waals surface area contributed by atoms with Gasteiger partial charge in [-0.3, -0.25) is 4.57 Å². The minimum atomic E-state index is -3.29. The highest BCUT2D eigenvalue weighted by Crippen LogP contribution is 2.33. The van der Waals surface area contributed by atoms with Crippen LogP contribution in [0.2, 0.25) is 0 Å². The van der Waals surface area contributed by atoms with Gasteiger partial charge in [0.1, 0.15) is 7.85 Å². The zero-order valence-corrected chi connectivity index (χ0v) is 8.28. The topological polar surface area (TPSA) is 78.8 Å². The second-order valence-corrected chi connectivity index (χ2v) is 5.26. The van der Waals surface area contributed by atoms with Crippen LogP contribution in [0.4, 0.5) is 0 Å². The highest BCUT2D eigenvalue weighted by Gasteiger charge is 2.34. The van der Waals surface area contributed by atoms with Gasteiger partial charge in [0.2, 0.25) is 0 Å². The van der Waals surface area contributed by atoms with Gasteiger partial charge in [0, 0.05) is 18.7 Å². The van der Waals surface area contributed by atoms with Gasteiger partial charge in [-0.2, -0.15) is 0 Å². The Balaban J connectivity index is 2.54. The first-order valence-corrected chi connectivity index (χ1v) is 6.13. The van der Waals surface area contributed by atoms with Crippen LogP contribution >= 0.6 is 7.52 Å². The van der Waals surface area contributed by atoms with Gasteiger partial charge in [-0.1, -0.05) is 0 Å². The zero-order chi connectivity index (χ0) is 10.1. The minimum absolute atomic E-state index is 0.203. The summed E-state index contributed by atoms with van der Waals surface area (Å²) in [5, 5.41) is 11.4. The van der Waals surface area contributed by atoms with E-state index < -0.39 is 19.6 Å². The molecule has 74 valence electrons. The number of aliphatic hydroxyl groups excluding tert-OH is 1. The summed E-state index contributed by atoms with van der Waals surface area (Å²) in [5.41, 5.74) is 0. The molecule has 13 heavy (non-hydrogen) atoms. The van der Waals surface area contributed by atoms with E-state index in [0.717, 1.165) is 0 Å². The number of ether oxygens (including phenoxy) is 1. The SMILES string of the molecule is [B][C@H]1C[C@@H](NP(C)(=O)O)[C@@H](CO)O1. The van der Waals surface area contributed by atoms with Crippen molar-refractivity contribution in [2.75, 3.05) is 13.3 Å². The van der Waals surface area contributed by atoms with Crippen LogP contribution in [0.5, 0.6) is 0 Å². The maximum absolute atomic E-state index is 11.0. The number of hydrogen-bond acceptors (Lipinski definition) is 3. The number of rotatable bonds is 3. The van der Waals surface area contributed by atoms with Crippen LogP contribution in [-0.2, 0) is 9.30 Å². The summed E-state index contributed by atoms with van der Waals surface area (Å²) in [6.07, 6.45) is -0.0562. The van der Waals surface area contributed by atoms with Crippen molar-refractivity contribution >= 4 is 15.4 Å². The second-order valence-electron chi connectivity index (χ2n) is 3.25. The molecule has 1 fully saturated rings. The van der Waals surface area contributed by atoms with Gasteiger partial charge in [-0.15, -0.1) is 0 Å². The predicted molar refractivity (Wildman–Crippen MR) is 48.8 cm³/mol. The molecule has 4 atom stereocenters. The van der Waals surface area contributed by atoms with E-state index >= 15 is 0 Å². The van der Waals surface area contributed by atoms with Crippen LogP contribution in [0.15, 0.2) is 0 Å². The summed E-state index contributed by atoms with van der Waals surface area (Å²) in [7, 11) is 2.18. The van der Waals surface area contributed by atoms with Crippen LogP contribution in [0, 0.1) is 0 Å². The van der Waals surface area contributed by atoms with Crippen LogP contribution < -0.4 is 5.09 Å². The van der Waals surface area contributed by atoms with Crippen molar-refractivity contribution < 1.29 is 19.3 Å². The standard InChI is InChI=1S/C6H13BNO4P/c1-13(10,11)8-4-2-6(7)12-5(4)3-9/h4-6,9H,2-3H2,1H3,(H2,8,10,11)/t4-,5-,6-/m1/s1. The van der Waals surface area contributed by atoms with E-state index in [2.05, 4.69) is 5.09 Å². The lowest BCUT2D eigenvalue weighted by Crippen LogP contribution is -2.36. The lowest BCUT2D eigenvalue weighted by molar-refractivity contribution is 0.0357. The van der Waals surface area contributed by atoms with Gasteiger partial charge < -0.3 is 14.7 Å². The third-order valence-corrected chi connectivity index (χ3v) is 2.68. The fraction of sp³-hybridized carbons (Fsp3) is 1.00. The van der Waals surface area contributed by atoms with E-state index in [1.807, 2.05) is 0 Å². The zero-order valence-electron chi connectivity index (χ0n) is 7.38. The molecule has 1 saturated heterocycles. The van der Waals surface area contributed by atoms with Crippen molar-refractivity contribution in [2.24, 2.45) is 0 Å². The molecular weight excluding hydrogens is 192 g/mol. The maximum atomic E-state index is 11.0. The quantitative estimate of drug-likeness (QED) is 0.408. The first-order valence-electron chi connectivity index (χ1n) is 4.02. The van der Waals surface area contributed by atoms with Gasteiger partial charge in [0.15, 0.2) is 0 Å². The normalized spacial score (nSPS) is 38.8. The molecule has 1 rings (SSSR count). The summed E-state index contributed by atoms with van der Waals surface area (Å²) >= 11 is 0. The van der Waals surface area contributed by atoms with Gasteiger partial charge in [-0.05, 0) is 6.42 Å². The largest absolute Gasteiger partial charge is 0.394 e. The van der Waals surface area contributed by atoms with E-state index in [1.54, 1.807) is 0 Å². The Labute approximate surface area is 78.4 Å². The van der Waals surface area contributed by atoms with Crippen LogP contribution in [-0.4, -0.2) is 49.3 Å². The lowest BCUT2D eigenvalue weighted by Gasteiger charge is -2.19. The van der Waals surface area contributed by atoms with Crippen molar-refractivity contribution in [3.05, 3.63) is 0 Å². The highest BCUT2D eigenvalue weighted by molar-refractivity contribution is 7.55. The Morgan fingerprint density at radius 3 is 2.85 bits per heavy atom. The first-order chi connectivity index (χ1) is 5.92. The number of aliphatic hydroxyl groups is 1. The molecule has 0 aromatic rings. The van der Waals surface area contributed by atoms with E-state index in [4.69, 9.17) is 22.6 Å². The maximum Gasteiger partial charge on any atom is 0.264 e. The molecule has 1 aliphatic rings. The van der Waals surface area contributed by atoms with Gasteiger partial charge in [0.05, 0.1) is 12.7 Å². The van der Waals surface area contributed by atoms with Crippen molar-refractivity contribution in [2.45, 2.75) is 24.6 Å². The fourth-order valence-corrected chi connectivity index (χ4v) is 2.28. The second kappa shape index (κ2) is 4.11. The lowest BCUT2D eigenvalue weighted by atomic mass is 9.95. The Morgan fingerprint density at radius 2 is 2.38 bits per heavy atom. The molecule has 0 bridgehead atoms. The van der Waals surface area contributed by atoms with E-state index in [1.165, 1.54) is 6.66 Å². The van der Waals surface area contributed by atoms with Crippen LogP contribution in [0.3, 0.4) is 0 Å². The smallest absolute Gasteiger partial charge is 0.264 e. The summed E-state index contributed by atoms with van der Waals surface area (Å²) in [5.74, 6) is 0. The molecule has 0 saturated carbocycles. The average molecular weight is 205 g/mol. The molecule has 1 unspecified atom stereocenters. The van der Waals surface area contributed by atoms with Gasteiger partial charge in [-0.25, -0.2) is 5.09 Å². The molecule has 0 aromatic carbocycles. The third kappa shape index (κ3) is 3.40. The molecule has 1 heterocycles. The average Bonchev–Trinajstić information content (AvgIpc) is 2.27. The molecule has 3 N–H and O–H groups in total. The fourth-order valence-electron chi connectivity index (χ4n) is 1.39. The Kier molecular flexibility index (Phi) is 3.54. The summed E-state index contributed by atoms with van der Waals surface area (Å²) in [6.45, 7) is 0.997. The molecule has 0 aliphatic carbocycles. The molecule has 0 aromatic heterocycles. The molecule has 7 heteroatoms. The molecule has 0 spiro atoms. The Bertz CT molecular complexity index is 221. The molecular formula is C6H13BNO4P. The molecule has 1 aliphatic heterocycles. The predicted octanol–water partition coefficient (Wildman–Crippen LogP) is -0.964. The van der Waals surface area contributed by atoms with Crippen molar-refractivity contribution in [1.29, 1.82) is 0 Å². The molecule has 5 nitrogen and oxygen atoms in total. The minimum Gasteiger partial charge on any atom is -0.394 e. The molecule has 2 radical (unpaired) electrons. The van der Waals surface area contributed by atoms with Gasteiger partial charge >= 0.3 is 0 Å². The number of hydrogen-bond donors (Lipinski definition) is 3. The van der Waals surface area contributed by atoms with E-state index in [0.29, 0.717) is 6.42 Å². The monoisotopic (exact) mass is 205 g/mol. The van der Waals surface area contributed by atoms with Crippen LogP contribution in [0.1, 0.15) is 6.42 Å². The summed E-state index contributed by atoms with van der Waals surface area (Å²) < 4.78 is 16.1. The van der Waals surface area contributed by atoms with Crippen molar-refractivity contribution in [3.8, 4) is 0 Å². The molecule has 0 amide bonds. The number of nitrogens with one attached hydrogen (secondary N) is 1. The van der Waals surface area contributed by atoms with Gasteiger partial charge in [0.25, 0.3) is 7.52 Å². The van der Waals surface area contributed by atoms with E-state index in [-0.39, 0.29) is 12.6 Å². The summed E-state index contributed by atoms with van der Waals surface area (Å²) in [6, 6.07) is -0.818. The first kappa shape index (κ1) is 11.2. The third-order valence-electron chi connectivity index (χ3n) is 1.87. The van der Waals surface area contributed by atoms with Crippen molar-refractivity contribution in [3.63, 3.8) is 0 Å². The highest BCUT2D eigenvalue weighted by atomic mass is 31.2. The Hall–Kier alpha value is 0.135. The summed E-state index contributed by atoms with van der Waals surface area (Å²) in [4.78, 5) is 9.04. The Morgan fingerprint density at radius 1 is 1.77 bits per heavy atom. The van der Waals surface area contributed by atoms with Crippen LogP contribution in [0.25, 0.3) is 0 Å². The van der Waals surface area contributed by atoms with Crippen molar-refractivity contribution in [1.82, 2.24) is 5.09 Å².